The Morgan fingerprint density at radius 1 is 1.14 bits per heavy atom. The summed E-state index contributed by atoms with van der Waals surface area (Å²) in [5.74, 6) is -0.0124. The molecular formula is C26H28FN7O2. The number of ether oxygens (including phenoxy) is 1. The van der Waals surface area contributed by atoms with Crippen LogP contribution in [0.4, 0.5) is 4.39 Å². The Morgan fingerprint density at radius 3 is 2.72 bits per heavy atom. The predicted molar refractivity (Wildman–Crippen MR) is 133 cm³/mol. The summed E-state index contributed by atoms with van der Waals surface area (Å²) in [5, 5.41) is 0.811. The van der Waals surface area contributed by atoms with Gasteiger partial charge in [-0.25, -0.2) is 9.37 Å². The maximum Gasteiger partial charge on any atom is 0.239 e. The zero-order chi connectivity index (χ0) is 25.1. The fourth-order valence-corrected chi connectivity index (χ4v) is 4.48. The summed E-state index contributed by atoms with van der Waals surface area (Å²) in [7, 11) is 0. The van der Waals surface area contributed by atoms with Gasteiger partial charge in [-0.2, -0.15) is 0 Å². The van der Waals surface area contributed by atoms with Gasteiger partial charge >= 0.3 is 0 Å². The summed E-state index contributed by atoms with van der Waals surface area (Å²) in [6, 6.07) is 5.65. The van der Waals surface area contributed by atoms with Crippen LogP contribution >= 0.6 is 0 Å². The van der Waals surface area contributed by atoms with E-state index >= 15 is 0 Å². The Balaban J connectivity index is 1.17. The van der Waals surface area contributed by atoms with Crippen LogP contribution in [0.2, 0.25) is 0 Å². The van der Waals surface area contributed by atoms with Gasteiger partial charge in [-0.1, -0.05) is 6.07 Å². The number of hydrogen-bond acceptors (Lipinski definition) is 7. The van der Waals surface area contributed by atoms with Gasteiger partial charge in [0.1, 0.15) is 11.4 Å². The largest absolute Gasteiger partial charge is 0.453 e. The number of aromatic amines is 1. The first-order valence-electron chi connectivity index (χ1n) is 11.9. The van der Waals surface area contributed by atoms with Crippen LogP contribution in [0.1, 0.15) is 16.8 Å². The van der Waals surface area contributed by atoms with Crippen molar-refractivity contribution in [2.24, 2.45) is 5.73 Å². The van der Waals surface area contributed by atoms with E-state index in [9.17, 15) is 9.18 Å². The van der Waals surface area contributed by atoms with Gasteiger partial charge in [0.25, 0.3) is 0 Å². The maximum absolute atomic E-state index is 14.9. The lowest BCUT2D eigenvalue weighted by molar-refractivity contribution is -0.134. The first kappa shape index (κ1) is 23.8. The van der Waals surface area contributed by atoms with Crippen LogP contribution in [-0.4, -0.2) is 67.9 Å². The lowest BCUT2D eigenvalue weighted by Gasteiger charge is -2.35. The van der Waals surface area contributed by atoms with Crippen molar-refractivity contribution in [3.63, 3.8) is 0 Å². The Hall–Kier alpha value is -3.89. The Labute approximate surface area is 208 Å². The number of benzene rings is 1. The van der Waals surface area contributed by atoms with Gasteiger partial charge in [-0.3, -0.25) is 19.7 Å². The number of nitrogens with two attached hydrogens (primary N) is 1. The number of rotatable bonds is 7. The second-order valence-electron chi connectivity index (χ2n) is 8.98. The minimum absolute atomic E-state index is 0.103. The fourth-order valence-electron chi connectivity index (χ4n) is 4.48. The molecule has 1 atom stereocenters. The average Bonchev–Trinajstić information content (AvgIpc) is 3.28. The van der Waals surface area contributed by atoms with Crippen LogP contribution in [0, 0.1) is 12.7 Å². The van der Waals surface area contributed by atoms with E-state index in [1.54, 1.807) is 47.9 Å². The van der Waals surface area contributed by atoms with Crippen LogP contribution in [0.5, 0.6) is 11.5 Å². The molecule has 0 saturated carbocycles. The van der Waals surface area contributed by atoms with E-state index in [1.165, 1.54) is 6.07 Å². The standard InChI is InChI=1S/C26H28FN7O2/c1-17-14-32-25-24(17)23(4-5-31-25)36-22-3-2-18(12-20(22)27)13-21(28)26(35)34-10-8-33(9-11-34)16-19-15-29-6-7-30-19/h2-7,12,14-15,21H,8-11,13,16,28H2,1H3,(H,31,32). The smallest absolute Gasteiger partial charge is 0.239 e. The fraction of sp³-hybridized carbons (Fsp3) is 0.308. The third kappa shape index (κ3) is 5.19. The highest BCUT2D eigenvalue weighted by Gasteiger charge is 2.26. The quantitative estimate of drug-likeness (QED) is 0.410. The molecule has 9 nitrogen and oxygen atoms in total. The zero-order valence-corrected chi connectivity index (χ0v) is 20.0. The van der Waals surface area contributed by atoms with E-state index in [2.05, 4.69) is 24.8 Å². The van der Waals surface area contributed by atoms with Gasteiger partial charge < -0.3 is 20.4 Å². The first-order valence-corrected chi connectivity index (χ1v) is 11.9. The molecule has 1 saturated heterocycles. The average molecular weight is 490 g/mol. The van der Waals surface area contributed by atoms with E-state index < -0.39 is 11.9 Å². The highest BCUT2D eigenvalue weighted by molar-refractivity contribution is 5.86. The van der Waals surface area contributed by atoms with Crippen molar-refractivity contribution in [3.8, 4) is 11.5 Å². The van der Waals surface area contributed by atoms with Crippen LogP contribution in [-0.2, 0) is 17.8 Å². The number of nitrogens with zero attached hydrogens (tertiary/aromatic N) is 5. The van der Waals surface area contributed by atoms with Crippen LogP contribution < -0.4 is 10.5 Å². The summed E-state index contributed by atoms with van der Waals surface area (Å²) in [6.45, 7) is 5.28. The number of aryl methyl sites for hydroxylation is 1. The zero-order valence-electron chi connectivity index (χ0n) is 20.0. The molecule has 1 fully saturated rings. The monoisotopic (exact) mass is 489 g/mol. The molecule has 4 aromatic rings. The van der Waals surface area contributed by atoms with Gasteiger partial charge in [-0.15, -0.1) is 0 Å². The highest BCUT2D eigenvalue weighted by atomic mass is 19.1. The number of amides is 1. The molecule has 0 radical (unpaired) electrons. The molecule has 1 aliphatic rings. The number of H-pyrrole nitrogens is 1. The Morgan fingerprint density at radius 2 is 1.97 bits per heavy atom. The molecule has 3 aromatic heterocycles. The van der Waals surface area contributed by atoms with Crippen molar-refractivity contribution >= 4 is 16.9 Å². The molecule has 0 bridgehead atoms. The number of piperazine rings is 1. The minimum atomic E-state index is -0.745. The first-order chi connectivity index (χ1) is 17.5. The minimum Gasteiger partial charge on any atom is -0.453 e. The lowest BCUT2D eigenvalue weighted by atomic mass is 10.0. The Bertz CT molecular complexity index is 1350. The number of nitrogens with one attached hydrogen (secondary N) is 1. The lowest BCUT2D eigenvalue weighted by Crippen LogP contribution is -2.53. The van der Waals surface area contributed by atoms with Crippen molar-refractivity contribution in [3.05, 3.63) is 77.9 Å². The van der Waals surface area contributed by atoms with Crippen LogP contribution in [0.15, 0.2) is 55.2 Å². The second-order valence-corrected chi connectivity index (χ2v) is 8.98. The molecule has 0 spiro atoms. The number of pyridine rings is 1. The molecule has 186 valence electrons. The maximum atomic E-state index is 14.9. The summed E-state index contributed by atoms with van der Waals surface area (Å²) in [5.41, 5.74) is 9.42. The molecule has 0 aliphatic carbocycles. The van der Waals surface area contributed by atoms with E-state index in [0.717, 1.165) is 29.7 Å². The number of aromatic nitrogens is 4. The van der Waals surface area contributed by atoms with Crippen molar-refractivity contribution in [2.45, 2.75) is 25.9 Å². The van der Waals surface area contributed by atoms with Crippen LogP contribution in [0.25, 0.3) is 11.0 Å². The molecular weight excluding hydrogens is 461 g/mol. The van der Waals surface area contributed by atoms with Crippen molar-refractivity contribution in [1.29, 1.82) is 0 Å². The van der Waals surface area contributed by atoms with Crippen LogP contribution in [0.3, 0.4) is 0 Å². The van der Waals surface area contributed by atoms with E-state index in [1.807, 2.05) is 13.1 Å². The third-order valence-corrected chi connectivity index (χ3v) is 6.41. The van der Waals surface area contributed by atoms with Gasteiger partial charge in [0.05, 0.1) is 17.1 Å². The molecule has 3 N–H and O–H groups in total. The summed E-state index contributed by atoms with van der Waals surface area (Å²) in [6.07, 6.45) is 8.77. The topological polar surface area (TPSA) is 113 Å². The molecule has 1 amide bonds. The second kappa shape index (κ2) is 10.4. The predicted octanol–water partition coefficient (Wildman–Crippen LogP) is 2.81. The summed E-state index contributed by atoms with van der Waals surface area (Å²) >= 11 is 0. The van der Waals surface area contributed by atoms with Gasteiger partial charge in [0.15, 0.2) is 11.6 Å². The molecule has 4 heterocycles. The van der Waals surface area contributed by atoms with E-state index in [4.69, 9.17) is 10.5 Å². The Kier molecular flexibility index (Phi) is 6.88. The summed E-state index contributed by atoms with van der Waals surface area (Å²) < 4.78 is 20.8. The molecule has 1 aromatic carbocycles. The molecule has 36 heavy (non-hydrogen) atoms. The normalized spacial score (nSPS) is 15.2. The van der Waals surface area contributed by atoms with Gasteiger partial charge in [0.2, 0.25) is 5.91 Å². The molecule has 10 heteroatoms. The van der Waals surface area contributed by atoms with Crippen molar-refractivity contribution in [1.82, 2.24) is 29.7 Å². The molecule has 1 aliphatic heterocycles. The molecule has 5 rings (SSSR count). The van der Waals surface area contributed by atoms with Crippen molar-refractivity contribution < 1.29 is 13.9 Å². The van der Waals surface area contributed by atoms with E-state index in [-0.39, 0.29) is 18.1 Å². The van der Waals surface area contributed by atoms with Crippen molar-refractivity contribution in [2.75, 3.05) is 26.2 Å². The number of fused-ring (bicyclic) bond motifs is 1. The third-order valence-electron chi connectivity index (χ3n) is 6.41. The SMILES string of the molecule is Cc1c[nH]c2nccc(Oc3ccc(CC(N)C(=O)N4CCN(Cc5cnccn5)CC4)cc3F)c12. The summed E-state index contributed by atoms with van der Waals surface area (Å²) in [4.78, 5) is 32.7. The van der Waals surface area contributed by atoms with Gasteiger partial charge in [-0.05, 0) is 42.7 Å². The number of hydrogen-bond donors (Lipinski definition) is 2. The number of carbonyl (C=O) groups is 1. The molecule has 1 unspecified atom stereocenters. The number of halogens is 1. The van der Waals surface area contributed by atoms with E-state index in [0.29, 0.717) is 36.6 Å². The van der Waals surface area contributed by atoms with Gasteiger partial charge in [0, 0.05) is 63.7 Å². The highest BCUT2D eigenvalue weighted by Crippen LogP contribution is 2.32. The number of carbonyl (C=O) groups excluding carboxylic acids is 1.